The fourth-order valence-corrected chi connectivity index (χ4v) is 9.30. The molecule has 0 heterocycles. The number of rotatable bonds is 11. The summed E-state index contributed by atoms with van der Waals surface area (Å²) in [6.45, 7) is 14.1. The Morgan fingerprint density at radius 1 is 0.800 bits per heavy atom. The number of methoxy groups -OCH3 is 1. The molecule has 0 aliphatic heterocycles. The van der Waals surface area contributed by atoms with Gasteiger partial charge < -0.3 is 9.16 Å². The first-order valence-corrected chi connectivity index (χ1v) is 14.4. The molecule has 0 aromatic heterocycles. The summed E-state index contributed by atoms with van der Waals surface area (Å²) in [5, 5.41) is 2.64. The van der Waals surface area contributed by atoms with Crippen LogP contribution in [0.25, 0.3) is 6.08 Å². The Balaban J connectivity index is 1.77. The minimum atomic E-state index is -2.49. The van der Waals surface area contributed by atoms with Crippen molar-refractivity contribution in [2.75, 3.05) is 13.7 Å². The van der Waals surface area contributed by atoms with Gasteiger partial charge in [-0.25, -0.2) is 0 Å². The Morgan fingerprint density at radius 3 is 1.80 bits per heavy atom. The molecule has 0 radical (unpaired) electrons. The summed E-state index contributed by atoms with van der Waals surface area (Å²) in [4.78, 5) is 0. The van der Waals surface area contributed by atoms with Gasteiger partial charge in [0, 0.05) is 12.0 Å². The second-order valence-electron chi connectivity index (χ2n) is 10.4. The first-order valence-electron chi connectivity index (χ1n) is 12.5. The van der Waals surface area contributed by atoms with E-state index in [0.29, 0.717) is 6.61 Å². The van der Waals surface area contributed by atoms with E-state index in [4.69, 9.17) is 9.16 Å². The highest BCUT2D eigenvalue weighted by molar-refractivity contribution is 6.99. The van der Waals surface area contributed by atoms with Crippen LogP contribution in [0.4, 0.5) is 0 Å². The van der Waals surface area contributed by atoms with Crippen LogP contribution < -0.4 is 15.1 Å². The third-order valence-corrected chi connectivity index (χ3v) is 11.9. The van der Waals surface area contributed by atoms with Crippen molar-refractivity contribution in [2.45, 2.75) is 45.6 Å². The van der Waals surface area contributed by atoms with Crippen LogP contribution in [-0.2, 0) is 4.43 Å². The van der Waals surface area contributed by atoms with Crippen LogP contribution in [0.1, 0.15) is 46.1 Å². The zero-order valence-electron chi connectivity index (χ0n) is 22.0. The average molecular weight is 485 g/mol. The van der Waals surface area contributed by atoms with E-state index in [1.165, 1.54) is 10.4 Å². The van der Waals surface area contributed by atoms with Gasteiger partial charge in [-0.2, -0.15) is 0 Å². The molecule has 0 aliphatic rings. The maximum absolute atomic E-state index is 7.06. The molecule has 0 unspecified atom stereocenters. The van der Waals surface area contributed by atoms with Gasteiger partial charge in [0.15, 0.2) is 0 Å². The van der Waals surface area contributed by atoms with Crippen molar-refractivity contribution in [3.05, 3.63) is 109 Å². The van der Waals surface area contributed by atoms with Gasteiger partial charge in [-0.15, -0.1) is 6.58 Å². The third-order valence-electron chi connectivity index (χ3n) is 6.83. The predicted octanol–water partition coefficient (Wildman–Crippen LogP) is 7.26. The zero-order chi connectivity index (χ0) is 25.4. The first kappa shape index (κ1) is 26.7. The lowest BCUT2D eigenvalue weighted by molar-refractivity contribution is 0.274. The normalized spacial score (nSPS) is 14.0. The Bertz CT molecular complexity index is 1040. The van der Waals surface area contributed by atoms with E-state index < -0.39 is 8.32 Å². The lowest BCUT2D eigenvalue weighted by Gasteiger charge is -2.43. The summed E-state index contributed by atoms with van der Waals surface area (Å²) in [6.07, 6.45) is 8.41. The summed E-state index contributed by atoms with van der Waals surface area (Å²) < 4.78 is 12.3. The van der Waals surface area contributed by atoms with Crippen molar-refractivity contribution in [3.8, 4) is 5.75 Å². The highest BCUT2D eigenvalue weighted by atomic mass is 28.4. The fraction of sp³-hybridized carbons (Fsp3) is 0.312. The Hall–Kier alpha value is -2.88. The second kappa shape index (κ2) is 11.7. The number of hydrogen-bond donors (Lipinski definition) is 0. The molecule has 0 bridgehead atoms. The van der Waals surface area contributed by atoms with Gasteiger partial charge in [0.2, 0.25) is 0 Å². The Labute approximate surface area is 213 Å². The molecule has 3 aromatic rings. The van der Waals surface area contributed by atoms with Crippen molar-refractivity contribution < 1.29 is 9.16 Å². The van der Waals surface area contributed by atoms with Crippen LogP contribution in [0, 0.1) is 5.41 Å². The van der Waals surface area contributed by atoms with E-state index in [0.717, 1.165) is 24.2 Å². The minimum absolute atomic E-state index is 0.00822. The smallest absolute Gasteiger partial charge is 0.261 e. The van der Waals surface area contributed by atoms with Gasteiger partial charge in [0.05, 0.1) is 7.11 Å². The molecule has 0 aliphatic carbocycles. The van der Waals surface area contributed by atoms with Crippen LogP contribution in [0.2, 0.25) is 5.04 Å². The van der Waals surface area contributed by atoms with Gasteiger partial charge in [-0.3, -0.25) is 0 Å². The van der Waals surface area contributed by atoms with E-state index in [1.54, 1.807) is 7.11 Å². The van der Waals surface area contributed by atoms with E-state index in [9.17, 15) is 0 Å². The van der Waals surface area contributed by atoms with Gasteiger partial charge in [-0.1, -0.05) is 119 Å². The largest absolute Gasteiger partial charge is 0.497 e. The molecule has 1 atom stereocenters. The van der Waals surface area contributed by atoms with E-state index in [-0.39, 0.29) is 10.5 Å². The molecule has 2 nitrogen and oxygen atoms in total. The molecule has 0 fully saturated rings. The van der Waals surface area contributed by atoms with Crippen molar-refractivity contribution >= 4 is 24.8 Å². The van der Waals surface area contributed by atoms with Gasteiger partial charge in [0.1, 0.15) is 5.75 Å². The summed E-state index contributed by atoms with van der Waals surface area (Å²) >= 11 is 0. The fourth-order valence-electron chi connectivity index (χ4n) is 4.69. The number of allylic oxidation sites excluding steroid dienone is 2. The predicted molar refractivity (Wildman–Crippen MR) is 153 cm³/mol. The molecule has 35 heavy (non-hydrogen) atoms. The molecular weight excluding hydrogens is 444 g/mol. The van der Waals surface area contributed by atoms with Crippen LogP contribution in [0.3, 0.4) is 0 Å². The summed E-state index contributed by atoms with van der Waals surface area (Å²) in [7, 11) is -0.803. The summed E-state index contributed by atoms with van der Waals surface area (Å²) in [6, 6.07) is 29.8. The quantitative estimate of drug-likeness (QED) is 0.162. The zero-order valence-corrected chi connectivity index (χ0v) is 23.0. The highest BCUT2D eigenvalue weighted by Gasteiger charge is 2.49. The lowest BCUT2D eigenvalue weighted by atomic mass is 9.85. The van der Waals surface area contributed by atoms with Gasteiger partial charge in [-0.05, 0) is 45.9 Å². The maximum atomic E-state index is 7.06. The van der Waals surface area contributed by atoms with E-state index >= 15 is 0 Å². The molecule has 0 saturated carbocycles. The third kappa shape index (κ3) is 6.42. The molecule has 184 valence electrons. The van der Waals surface area contributed by atoms with Crippen LogP contribution in [-0.4, -0.2) is 22.0 Å². The molecule has 0 spiro atoms. The molecule has 3 heteroatoms. The summed E-state index contributed by atoms with van der Waals surface area (Å²) in [5.74, 6) is 0.870. The van der Waals surface area contributed by atoms with E-state index in [2.05, 4.69) is 125 Å². The molecular formula is C32H40O2Si. The standard InChI is InChI=1S/C32H40O2Si/c1-7-32(5,25-23-27-19-21-28(33-6)22-20-27)24-14-26-34-35(31(2,3)4,29-15-10-8-11-16-29)30-17-12-9-13-18-30/h7-13,15-23,25H,1,14,24,26H2,2-6H3/b25-23+/t32-/m1/s1. The minimum Gasteiger partial charge on any atom is -0.497 e. The van der Waals surface area contributed by atoms with Crippen molar-refractivity contribution in [1.29, 1.82) is 0 Å². The second-order valence-corrected chi connectivity index (χ2v) is 14.7. The van der Waals surface area contributed by atoms with Gasteiger partial charge >= 0.3 is 0 Å². The SMILES string of the molecule is C=C[C@@](C)(/C=C/c1ccc(OC)cc1)CCCO[Si](c1ccccc1)(c1ccccc1)C(C)(C)C. The van der Waals surface area contributed by atoms with Crippen molar-refractivity contribution in [2.24, 2.45) is 5.41 Å². The van der Waals surface area contributed by atoms with Crippen LogP contribution >= 0.6 is 0 Å². The number of hydrogen-bond acceptors (Lipinski definition) is 2. The first-order chi connectivity index (χ1) is 16.7. The summed E-state index contributed by atoms with van der Waals surface area (Å²) in [5.41, 5.74) is 1.05. The molecule has 3 aromatic carbocycles. The van der Waals surface area contributed by atoms with Gasteiger partial charge in [0.25, 0.3) is 8.32 Å². The molecule has 0 saturated heterocycles. The lowest BCUT2D eigenvalue weighted by Crippen LogP contribution is -2.66. The highest BCUT2D eigenvalue weighted by Crippen LogP contribution is 2.37. The van der Waals surface area contributed by atoms with Crippen LogP contribution in [0.15, 0.2) is 104 Å². The maximum Gasteiger partial charge on any atom is 0.261 e. The monoisotopic (exact) mass is 484 g/mol. The van der Waals surface area contributed by atoms with Crippen LogP contribution in [0.5, 0.6) is 5.75 Å². The molecule has 0 N–H and O–H groups in total. The van der Waals surface area contributed by atoms with Crippen molar-refractivity contribution in [1.82, 2.24) is 0 Å². The Morgan fingerprint density at radius 2 is 1.34 bits per heavy atom. The Kier molecular flexibility index (Phi) is 8.93. The number of ether oxygens (including phenoxy) is 1. The van der Waals surface area contributed by atoms with E-state index in [1.807, 2.05) is 12.1 Å². The topological polar surface area (TPSA) is 18.5 Å². The average Bonchev–Trinajstić information content (AvgIpc) is 2.88. The molecule has 0 amide bonds. The number of benzene rings is 3. The van der Waals surface area contributed by atoms with Crippen molar-refractivity contribution in [3.63, 3.8) is 0 Å². The molecule has 3 rings (SSSR count).